The Hall–Kier alpha value is -4.00. The van der Waals surface area contributed by atoms with Crippen LogP contribution in [0.2, 0.25) is 0 Å². The third-order valence-electron chi connectivity index (χ3n) is 6.65. The Bertz CT molecular complexity index is 1510. The quantitative estimate of drug-likeness (QED) is 0.409. The summed E-state index contributed by atoms with van der Waals surface area (Å²) in [5, 5.41) is 0. The highest BCUT2D eigenvalue weighted by Gasteiger charge is 2.33. The molecule has 1 saturated heterocycles. The summed E-state index contributed by atoms with van der Waals surface area (Å²) in [7, 11) is -4.34. The van der Waals surface area contributed by atoms with E-state index >= 15 is 0 Å². The van der Waals surface area contributed by atoms with Crippen LogP contribution in [-0.2, 0) is 21.0 Å². The highest BCUT2D eigenvalue weighted by Crippen LogP contribution is 2.35. The van der Waals surface area contributed by atoms with Crippen molar-refractivity contribution in [1.82, 2.24) is 4.90 Å². The highest BCUT2D eigenvalue weighted by molar-refractivity contribution is 7.92. The molecule has 2 heterocycles. The molecule has 0 bridgehead atoms. The van der Waals surface area contributed by atoms with Crippen molar-refractivity contribution in [2.45, 2.75) is 11.1 Å². The minimum Gasteiger partial charge on any atom is -0.486 e. The van der Waals surface area contributed by atoms with Crippen molar-refractivity contribution in [3.8, 4) is 11.5 Å². The lowest BCUT2D eigenvalue weighted by molar-refractivity contribution is -0.137. The van der Waals surface area contributed by atoms with Crippen molar-refractivity contribution in [1.29, 1.82) is 0 Å². The van der Waals surface area contributed by atoms with Gasteiger partial charge in [0.15, 0.2) is 11.5 Å². The van der Waals surface area contributed by atoms with Crippen LogP contribution in [0.1, 0.15) is 5.56 Å². The highest BCUT2D eigenvalue weighted by atomic mass is 32.2. The summed E-state index contributed by atoms with van der Waals surface area (Å²) in [5.41, 5.74) is -0.422. The number of sulfonamides is 1. The van der Waals surface area contributed by atoms with E-state index in [1.165, 1.54) is 41.3 Å². The normalized spacial score (nSPS) is 15.6. The molecular formula is C27H25F4N3O5S. The third kappa shape index (κ3) is 5.79. The molecule has 3 aromatic carbocycles. The first-order chi connectivity index (χ1) is 19.0. The van der Waals surface area contributed by atoms with Crippen LogP contribution in [0, 0.1) is 5.82 Å². The number of alkyl halides is 3. The lowest BCUT2D eigenvalue weighted by Crippen LogP contribution is -2.52. The Morgan fingerprint density at radius 3 is 2.27 bits per heavy atom. The van der Waals surface area contributed by atoms with Crippen LogP contribution in [0.3, 0.4) is 0 Å². The minimum atomic E-state index is -4.48. The molecule has 1 fully saturated rings. The van der Waals surface area contributed by atoms with Gasteiger partial charge >= 0.3 is 6.18 Å². The number of halogens is 4. The lowest BCUT2D eigenvalue weighted by Gasteiger charge is -2.37. The molecule has 212 valence electrons. The molecule has 40 heavy (non-hydrogen) atoms. The maximum Gasteiger partial charge on any atom is 0.416 e. The van der Waals surface area contributed by atoms with E-state index < -0.39 is 40.0 Å². The van der Waals surface area contributed by atoms with E-state index in [4.69, 9.17) is 9.47 Å². The molecule has 13 heteroatoms. The molecule has 0 radical (unpaired) electrons. The van der Waals surface area contributed by atoms with Crippen LogP contribution in [-0.4, -0.2) is 65.2 Å². The van der Waals surface area contributed by atoms with Crippen LogP contribution in [0.25, 0.3) is 0 Å². The number of rotatable bonds is 6. The predicted molar refractivity (Wildman–Crippen MR) is 139 cm³/mol. The molecule has 0 N–H and O–H groups in total. The minimum absolute atomic E-state index is 0.0363. The van der Waals surface area contributed by atoms with E-state index in [2.05, 4.69) is 0 Å². The molecule has 3 aromatic rings. The second-order valence-corrected chi connectivity index (χ2v) is 11.1. The fourth-order valence-electron chi connectivity index (χ4n) is 4.57. The van der Waals surface area contributed by atoms with Gasteiger partial charge in [-0.3, -0.25) is 9.10 Å². The molecule has 0 atom stereocenters. The zero-order chi connectivity index (χ0) is 28.5. The number of hydrogen-bond acceptors (Lipinski definition) is 6. The third-order valence-corrected chi connectivity index (χ3v) is 8.42. The van der Waals surface area contributed by atoms with Gasteiger partial charge in [0.05, 0.1) is 16.1 Å². The number of benzene rings is 3. The molecule has 0 unspecified atom stereocenters. The number of carbonyl (C=O) groups is 1. The summed E-state index contributed by atoms with van der Waals surface area (Å²) >= 11 is 0. The molecule has 0 spiro atoms. The van der Waals surface area contributed by atoms with Crippen molar-refractivity contribution < 1.29 is 40.2 Å². The molecule has 0 saturated carbocycles. The van der Waals surface area contributed by atoms with E-state index in [1.807, 2.05) is 0 Å². The SMILES string of the molecule is O=C(CN(c1cccc(F)c1)S(=O)(=O)c1ccc2c(c1)OCCO2)N1CCN(c2cccc(C(F)(F)F)c2)CC1. The first-order valence-electron chi connectivity index (χ1n) is 12.4. The molecule has 2 aliphatic heterocycles. The van der Waals surface area contributed by atoms with Crippen LogP contribution in [0.5, 0.6) is 11.5 Å². The Morgan fingerprint density at radius 2 is 1.57 bits per heavy atom. The Labute approximate surface area is 228 Å². The fourth-order valence-corrected chi connectivity index (χ4v) is 6.00. The van der Waals surface area contributed by atoms with Gasteiger partial charge in [-0.15, -0.1) is 0 Å². The topological polar surface area (TPSA) is 79.4 Å². The van der Waals surface area contributed by atoms with Gasteiger partial charge in [0, 0.05) is 37.9 Å². The summed E-state index contributed by atoms with van der Waals surface area (Å²) in [4.78, 5) is 16.3. The van der Waals surface area contributed by atoms with Crippen molar-refractivity contribution in [3.63, 3.8) is 0 Å². The molecule has 0 aromatic heterocycles. The van der Waals surface area contributed by atoms with E-state index in [0.717, 1.165) is 28.6 Å². The smallest absolute Gasteiger partial charge is 0.416 e. The molecule has 2 aliphatic rings. The Morgan fingerprint density at radius 1 is 0.875 bits per heavy atom. The zero-order valence-electron chi connectivity index (χ0n) is 21.1. The lowest BCUT2D eigenvalue weighted by atomic mass is 10.1. The maximum absolute atomic E-state index is 14.1. The van der Waals surface area contributed by atoms with Crippen LogP contribution >= 0.6 is 0 Å². The standard InChI is InChI=1S/C27H25F4N3O5S/c28-20-4-2-6-22(16-20)34(40(36,37)23-7-8-24-25(17-23)39-14-13-38-24)18-26(35)33-11-9-32(10-12-33)21-5-1-3-19(15-21)27(29,30)31/h1-8,15-17H,9-14,18H2. The molecule has 0 aliphatic carbocycles. The van der Waals surface area contributed by atoms with E-state index in [0.29, 0.717) is 18.0 Å². The second-order valence-electron chi connectivity index (χ2n) is 9.21. The van der Waals surface area contributed by atoms with Gasteiger partial charge in [-0.05, 0) is 48.5 Å². The van der Waals surface area contributed by atoms with Crippen molar-refractivity contribution in [3.05, 3.63) is 78.1 Å². The van der Waals surface area contributed by atoms with E-state index in [9.17, 15) is 30.8 Å². The van der Waals surface area contributed by atoms with E-state index in [1.54, 1.807) is 11.0 Å². The Kier molecular flexibility index (Phi) is 7.49. The summed E-state index contributed by atoms with van der Waals surface area (Å²) < 4.78 is 92.8. The predicted octanol–water partition coefficient (Wildman–Crippen LogP) is 4.16. The zero-order valence-corrected chi connectivity index (χ0v) is 21.9. The number of fused-ring (bicyclic) bond motifs is 1. The van der Waals surface area contributed by atoms with Gasteiger partial charge in [-0.1, -0.05) is 12.1 Å². The number of nitrogens with zero attached hydrogens (tertiary/aromatic N) is 3. The van der Waals surface area contributed by atoms with Gasteiger partial charge in [0.1, 0.15) is 25.6 Å². The van der Waals surface area contributed by atoms with E-state index in [-0.39, 0.29) is 49.1 Å². The molecular weight excluding hydrogens is 554 g/mol. The average molecular weight is 580 g/mol. The van der Waals surface area contributed by atoms with Crippen molar-refractivity contribution in [2.24, 2.45) is 0 Å². The number of amides is 1. The number of anilines is 2. The average Bonchev–Trinajstić information content (AvgIpc) is 2.95. The summed E-state index contributed by atoms with van der Waals surface area (Å²) in [5.74, 6) is -0.586. The van der Waals surface area contributed by atoms with Gasteiger partial charge in [0.2, 0.25) is 5.91 Å². The van der Waals surface area contributed by atoms with Gasteiger partial charge < -0.3 is 19.3 Å². The monoisotopic (exact) mass is 579 g/mol. The first-order valence-corrected chi connectivity index (χ1v) is 13.8. The van der Waals surface area contributed by atoms with Crippen molar-refractivity contribution in [2.75, 3.05) is 55.1 Å². The molecule has 8 nitrogen and oxygen atoms in total. The molecule has 5 rings (SSSR count). The van der Waals surface area contributed by atoms with Gasteiger partial charge in [-0.25, -0.2) is 12.8 Å². The summed E-state index contributed by atoms with van der Waals surface area (Å²) in [6.45, 7) is 0.791. The summed E-state index contributed by atoms with van der Waals surface area (Å²) in [6.07, 6.45) is -4.48. The molecule has 1 amide bonds. The van der Waals surface area contributed by atoms with Crippen LogP contribution in [0.15, 0.2) is 71.6 Å². The number of hydrogen-bond donors (Lipinski definition) is 0. The number of ether oxygens (including phenoxy) is 2. The van der Waals surface area contributed by atoms with Gasteiger partial charge in [-0.2, -0.15) is 13.2 Å². The maximum atomic E-state index is 14.1. The fraction of sp³-hybridized carbons (Fsp3) is 0.296. The largest absolute Gasteiger partial charge is 0.486 e. The van der Waals surface area contributed by atoms with Crippen LogP contribution in [0.4, 0.5) is 28.9 Å². The first kappa shape index (κ1) is 27.6. The number of piperazine rings is 1. The van der Waals surface area contributed by atoms with Gasteiger partial charge in [0.25, 0.3) is 10.0 Å². The Balaban J connectivity index is 1.35. The van der Waals surface area contributed by atoms with Crippen LogP contribution < -0.4 is 18.7 Å². The second kappa shape index (κ2) is 10.9. The number of carbonyl (C=O) groups excluding carboxylic acids is 1. The van der Waals surface area contributed by atoms with Crippen molar-refractivity contribution >= 4 is 27.3 Å². The summed E-state index contributed by atoms with van der Waals surface area (Å²) in [6, 6.07) is 13.9.